The van der Waals surface area contributed by atoms with Gasteiger partial charge in [0.1, 0.15) is 12.2 Å². The highest BCUT2D eigenvalue weighted by atomic mass is 19.4. The maximum Gasteiger partial charge on any atom is 0.416 e. The highest BCUT2D eigenvalue weighted by molar-refractivity contribution is 6.11. The molecule has 11 heteroatoms. The number of ether oxygens (including phenoxy) is 1. The van der Waals surface area contributed by atoms with Gasteiger partial charge in [-0.2, -0.15) is 18.3 Å². The number of benzene rings is 2. The van der Waals surface area contributed by atoms with Crippen LogP contribution < -0.4 is 4.90 Å². The zero-order valence-electron chi connectivity index (χ0n) is 22.2. The van der Waals surface area contributed by atoms with Crippen molar-refractivity contribution in [3.05, 3.63) is 83.1 Å². The lowest BCUT2D eigenvalue weighted by atomic mass is 9.97. The predicted octanol–water partition coefficient (Wildman–Crippen LogP) is 5.90. The number of hydrogen-bond acceptors (Lipinski definition) is 5. The largest absolute Gasteiger partial charge is 0.416 e. The molecular weight excluding hydrogens is 521 g/mol. The van der Waals surface area contributed by atoms with Crippen molar-refractivity contribution < 1.29 is 22.7 Å². The third kappa shape index (κ3) is 4.78. The van der Waals surface area contributed by atoms with E-state index < -0.39 is 17.6 Å². The summed E-state index contributed by atoms with van der Waals surface area (Å²) in [4.78, 5) is 15.1. The molecule has 1 fully saturated rings. The van der Waals surface area contributed by atoms with Crippen LogP contribution in [0.5, 0.6) is 0 Å². The van der Waals surface area contributed by atoms with Crippen LogP contribution in [0.2, 0.25) is 0 Å². The van der Waals surface area contributed by atoms with Crippen LogP contribution in [-0.4, -0.2) is 37.1 Å². The van der Waals surface area contributed by atoms with E-state index in [1.807, 2.05) is 36.7 Å². The maximum atomic E-state index is 14.4. The summed E-state index contributed by atoms with van der Waals surface area (Å²) in [6.07, 6.45) is 1.46. The molecule has 6 rings (SSSR count). The minimum Gasteiger partial charge on any atom is -0.356 e. The lowest BCUT2D eigenvalue weighted by Crippen LogP contribution is -2.23. The second-order valence-corrected chi connectivity index (χ2v) is 10.5. The number of fused-ring (bicyclic) bond motifs is 1. The fraction of sp³-hybridized carbons (Fsp3) is 0.379. The molecule has 0 bridgehead atoms. The molecule has 0 aliphatic carbocycles. The zero-order valence-corrected chi connectivity index (χ0v) is 22.2. The first kappa shape index (κ1) is 26.2. The van der Waals surface area contributed by atoms with E-state index in [0.717, 1.165) is 36.7 Å². The Bertz CT molecular complexity index is 1550. The third-order valence-corrected chi connectivity index (χ3v) is 7.79. The summed E-state index contributed by atoms with van der Waals surface area (Å²) in [5.74, 6) is 0.422. The van der Waals surface area contributed by atoms with Gasteiger partial charge in [-0.3, -0.25) is 4.79 Å². The van der Waals surface area contributed by atoms with Gasteiger partial charge in [-0.15, -0.1) is 10.2 Å². The van der Waals surface area contributed by atoms with E-state index in [-0.39, 0.29) is 29.8 Å². The van der Waals surface area contributed by atoms with Gasteiger partial charge in [0.15, 0.2) is 6.23 Å². The van der Waals surface area contributed by atoms with Crippen LogP contribution in [0.15, 0.2) is 55.0 Å². The quantitative estimate of drug-likeness (QED) is 0.299. The van der Waals surface area contributed by atoms with E-state index in [1.54, 1.807) is 35.4 Å². The van der Waals surface area contributed by atoms with Gasteiger partial charge in [-0.1, -0.05) is 19.1 Å². The standard InChI is InChI=1S/C29H29F3N6O2/c1-18(12-26-35-33-17-36(26)2)19-6-5-7-21(13-19)37-16-23-22(28(37)39)14-20(15-24(23)29(30,31)32)25-9-10-34-38(25)27-8-3-4-11-40-27/h5-7,9-10,13-15,17-18,27H,3-4,8,11-12,16H2,1-2H3/t18-,27?/m1/s1. The highest BCUT2D eigenvalue weighted by Crippen LogP contribution is 2.42. The van der Waals surface area contributed by atoms with Crippen LogP contribution in [0.1, 0.15) is 71.2 Å². The SMILES string of the molecule is C[C@H](Cc1nncn1C)c1cccc(N2Cc3c(cc(-c4ccnn4C4CCCCO4)cc3C(F)(F)F)C2=O)c1. The van der Waals surface area contributed by atoms with Gasteiger partial charge in [-0.25, -0.2) is 4.68 Å². The molecule has 2 aromatic heterocycles. The fourth-order valence-corrected chi connectivity index (χ4v) is 5.59. The zero-order chi connectivity index (χ0) is 28.0. The van der Waals surface area contributed by atoms with Gasteiger partial charge in [0, 0.05) is 43.1 Å². The summed E-state index contributed by atoms with van der Waals surface area (Å²) in [5.41, 5.74) is 1.53. The van der Waals surface area contributed by atoms with E-state index in [1.165, 1.54) is 4.90 Å². The Balaban J connectivity index is 1.34. The minimum absolute atomic E-state index is 0.0150. The van der Waals surface area contributed by atoms with Crippen molar-refractivity contribution in [1.29, 1.82) is 0 Å². The van der Waals surface area contributed by atoms with Gasteiger partial charge < -0.3 is 14.2 Å². The van der Waals surface area contributed by atoms with Gasteiger partial charge in [-0.05, 0) is 66.6 Å². The van der Waals surface area contributed by atoms with E-state index in [4.69, 9.17) is 4.74 Å². The molecule has 1 unspecified atom stereocenters. The number of aryl methyl sites for hydroxylation is 1. The van der Waals surface area contributed by atoms with Gasteiger partial charge in [0.2, 0.25) is 0 Å². The molecule has 0 radical (unpaired) electrons. The first-order valence-electron chi connectivity index (χ1n) is 13.3. The Morgan fingerprint density at radius 2 is 2.00 bits per heavy atom. The summed E-state index contributed by atoms with van der Waals surface area (Å²) in [7, 11) is 1.88. The monoisotopic (exact) mass is 550 g/mol. The van der Waals surface area contributed by atoms with Crippen LogP contribution >= 0.6 is 0 Å². The minimum atomic E-state index is -4.63. The number of carbonyl (C=O) groups excluding carboxylic acids is 1. The molecule has 1 amide bonds. The number of halogens is 3. The molecule has 1 saturated heterocycles. The summed E-state index contributed by atoms with van der Waals surface area (Å²) in [5, 5.41) is 12.4. The lowest BCUT2D eigenvalue weighted by molar-refractivity contribution is -0.138. The molecule has 208 valence electrons. The number of nitrogens with zero attached hydrogens (tertiary/aromatic N) is 6. The van der Waals surface area contributed by atoms with Crippen LogP contribution in [0.4, 0.5) is 18.9 Å². The molecule has 8 nitrogen and oxygen atoms in total. The average Bonchev–Trinajstić information content (AvgIpc) is 3.68. The predicted molar refractivity (Wildman–Crippen MR) is 142 cm³/mol. The first-order chi connectivity index (χ1) is 19.2. The second-order valence-electron chi connectivity index (χ2n) is 10.5. The number of rotatable bonds is 6. The van der Waals surface area contributed by atoms with Gasteiger partial charge >= 0.3 is 6.18 Å². The fourth-order valence-electron chi connectivity index (χ4n) is 5.59. The van der Waals surface area contributed by atoms with Gasteiger partial charge in [0.05, 0.1) is 17.8 Å². The molecule has 2 atom stereocenters. The molecule has 40 heavy (non-hydrogen) atoms. The Morgan fingerprint density at radius 3 is 2.73 bits per heavy atom. The summed E-state index contributed by atoms with van der Waals surface area (Å²) in [6.45, 7) is 2.46. The number of aromatic nitrogens is 5. The van der Waals surface area contributed by atoms with Crippen LogP contribution in [0.25, 0.3) is 11.3 Å². The smallest absolute Gasteiger partial charge is 0.356 e. The van der Waals surface area contributed by atoms with Crippen molar-refractivity contribution in [2.75, 3.05) is 11.5 Å². The number of amides is 1. The molecule has 2 aliphatic heterocycles. The molecule has 4 aromatic rings. The second kappa shape index (κ2) is 10.2. The van der Waals surface area contributed by atoms with E-state index >= 15 is 0 Å². The summed E-state index contributed by atoms with van der Waals surface area (Å²) < 4.78 is 52.4. The molecule has 4 heterocycles. The number of hydrogen-bond donors (Lipinski definition) is 0. The Morgan fingerprint density at radius 1 is 1.15 bits per heavy atom. The lowest BCUT2D eigenvalue weighted by Gasteiger charge is -2.25. The Hall–Kier alpha value is -3.99. The highest BCUT2D eigenvalue weighted by Gasteiger charge is 2.41. The number of alkyl halides is 3. The summed E-state index contributed by atoms with van der Waals surface area (Å²) >= 11 is 0. The van der Waals surface area contributed by atoms with Crippen molar-refractivity contribution in [3.8, 4) is 11.3 Å². The van der Waals surface area contributed by atoms with E-state index in [9.17, 15) is 18.0 Å². The Kier molecular flexibility index (Phi) is 6.69. The molecule has 0 spiro atoms. The molecular formula is C29H29F3N6O2. The molecule has 0 N–H and O–H groups in total. The van der Waals surface area contributed by atoms with Gasteiger partial charge in [0.25, 0.3) is 5.91 Å². The third-order valence-electron chi connectivity index (χ3n) is 7.79. The average molecular weight is 551 g/mol. The maximum absolute atomic E-state index is 14.4. The van der Waals surface area contributed by atoms with Crippen LogP contribution in [0.3, 0.4) is 0 Å². The number of carbonyl (C=O) groups is 1. The van der Waals surface area contributed by atoms with E-state index in [0.29, 0.717) is 30.0 Å². The Labute approximate surface area is 229 Å². The first-order valence-corrected chi connectivity index (χ1v) is 13.3. The van der Waals surface area contributed by atoms with E-state index in [2.05, 4.69) is 15.3 Å². The number of anilines is 1. The van der Waals surface area contributed by atoms with Crippen LogP contribution in [0, 0.1) is 0 Å². The molecule has 2 aromatic carbocycles. The normalized spacial score (nSPS) is 18.3. The molecule has 0 saturated carbocycles. The van der Waals surface area contributed by atoms with Crippen molar-refractivity contribution in [2.24, 2.45) is 7.05 Å². The van der Waals surface area contributed by atoms with Crippen molar-refractivity contribution >= 4 is 11.6 Å². The summed E-state index contributed by atoms with van der Waals surface area (Å²) in [6, 6.07) is 11.8. The van der Waals surface area contributed by atoms with Crippen molar-refractivity contribution in [1.82, 2.24) is 24.5 Å². The topological polar surface area (TPSA) is 78.1 Å². The van der Waals surface area contributed by atoms with Crippen molar-refractivity contribution in [2.45, 2.75) is 57.5 Å². The van der Waals surface area contributed by atoms with Crippen molar-refractivity contribution in [3.63, 3.8) is 0 Å². The van der Waals surface area contributed by atoms with Crippen LogP contribution in [-0.2, 0) is 30.9 Å². The molecule has 2 aliphatic rings.